The van der Waals surface area contributed by atoms with E-state index in [1.807, 2.05) is 23.1 Å². The Hall–Kier alpha value is -3.19. The maximum absolute atomic E-state index is 13.1. The molecule has 1 saturated carbocycles. The van der Waals surface area contributed by atoms with Gasteiger partial charge in [-0.15, -0.1) is 0 Å². The summed E-state index contributed by atoms with van der Waals surface area (Å²) in [5.74, 6) is 0.760. The summed E-state index contributed by atoms with van der Waals surface area (Å²) in [4.78, 5) is 34.1. The maximum Gasteiger partial charge on any atom is 0.287 e. The second kappa shape index (κ2) is 9.11. The van der Waals surface area contributed by atoms with Gasteiger partial charge in [-0.2, -0.15) is 0 Å². The summed E-state index contributed by atoms with van der Waals surface area (Å²) in [6, 6.07) is 11.8. The normalized spacial score (nSPS) is 21.5. The molecule has 1 aromatic carbocycles. The molecule has 1 atom stereocenters. The second-order valence-electron chi connectivity index (χ2n) is 10.5. The first kappa shape index (κ1) is 22.3. The summed E-state index contributed by atoms with van der Waals surface area (Å²) in [7, 11) is 0. The Labute approximate surface area is 205 Å². The minimum atomic E-state index is -0.177. The molecule has 3 aliphatic rings. The van der Waals surface area contributed by atoms with Crippen LogP contribution in [0.2, 0.25) is 0 Å². The quantitative estimate of drug-likeness (QED) is 0.585. The number of nitrogens with zero attached hydrogens (tertiary/aromatic N) is 3. The molecule has 1 unspecified atom stereocenters. The summed E-state index contributed by atoms with van der Waals surface area (Å²) >= 11 is 0. The van der Waals surface area contributed by atoms with Crippen molar-refractivity contribution in [1.82, 2.24) is 20.1 Å². The molecule has 2 saturated heterocycles. The third-order valence-corrected chi connectivity index (χ3v) is 8.27. The van der Waals surface area contributed by atoms with E-state index in [1.165, 1.54) is 31.5 Å². The van der Waals surface area contributed by atoms with Gasteiger partial charge in [-0.3, -0.25) is 19.5 Å². The van der Waals surface area contributed by atoms with Gasteiger partial charge in [-0.1, -0.05) is 12.1 Å². The molecule has 2 aliphatic heterocycles. The van der Waals surface area contributed by atoms with Crippen LogP contribution in [0.1, 0.15) is 58.6 Å². The Kier molecular flexibility index (Phi) is 5.80. The average Bonchev–Trinajstić information content (AvgIpc) is 3.24. The summed E-state index contributed by atoms with van der Waals surface area (Å²) in [5, 5.41) is 3.93. The lowest BCUT2D eigenvalue weighted by molar-refractivity contribution is 0.0668. The third-order valence-electron chi connectivity index (χ3n) is 8.27. The Bertz CT molecular complexity index is 1190. The number of carbonyl (C=O) groups excluding carboxylic acids is 2. The molecule has 7 nitrogen and oxygen atoms in total. The number of aromatic nitrogens is 1. The molecule has 6 rings (SSSR count). The second-order valence-corrected chi connectivity index (χ2v) is 10.5. The van der Waals surface area contributed by atoms with Gasteiger partial charge in [0.25, 0.3) is 11.8 Å². The SMILES string of the molecule is O=C(NCC1CC12CCN(C(=O)c1ccc(CN3CCCC3)cc1)CC2)c1cc2ccncc2o1. The predicted molar refractivity (Wildman–Crippen MR) is 133 cm³/mol. The van der Waals surface area contributed by atoms with E-state index in [0.29, 0.717) is 23.8 Å². The number of carbonyl (C=O) groups is 2. The van der Waals surface area contributed by atoms with Crippen LogP contribution in [0, 0.1) is 11.3 Å². The molecule has 2 amide bonds. The molecule has 3 aromatic rings. The van der Waals surface area contributed by atoms with Crippen molar-refractivity contribution >= 4 is 22.8 Å². The molecular formula is C28H32N4O3. The van der Waals surface area contributed by atoms with E-state index >= 15 is 0 Å². The zero-order valence-corrected chi connectivity index (χ0v) is 20.0. The molecule has 1 aliphatic carbocycles. The number of rotatable bonds is 6. The van der Waals surface area contributed by atoms with Crippen LogP contribution >= 0.6 is 0 Å². The van der Waals surface area contributed by atoms with Crippen molar-refractivity contribution in [3.05, 3.63) is 65.7 Å². The number of piperidine rings is 1. The van der Waals surface area contributed by atoms with Crippen LogP contribution < -0.4 is 5.32 Å². The minimum absolute atomic E-state index is 0.137. The van der Waals surface area contributed by atoms with E-state index in [4.69, 9.17) is 4.42 Å². The minimum Gasteiger partial charge on any atom is -0.449 e. The first-order valence-electron chi connectivity index (χ1n) is 12.8. The summed E-state index contributed by atoms with van der Waals surface area (Å²) in [6.07, 6.45) is 9.02. The summed E-state index contributed by atoms with van der Waals surface area (Å²) in [5.41, 5.74) is 2.95. The van der Waals surface area contributed by atoms with Gasteiger partial charge in [0.1, 0.15) is 0 Å². The Morgan fingerprint density at radius 2 is 1.83 bits per heavy atom. The number of fused-ring (bicyclic) bond motifs is 1. The first-order chi connectivity index (χ1) is 17.1. The number of nitrogens with one attached hydrogen (secondary N) is 1. The number of furan rings is 1. The number of amides is 2. The number of hydrogen-bond donors (Lipinski definition) is 1. The van der Waals surface area contributed by atoms with E-state index in [0.717, 1.165) is 49.8 Å². The van der Waals surface area contributed by atoms with Crippen molar-refractivity contribution < 1.29 is 14.0 Å². The van der Waals surface area contributed by atoms with Crippen LogP contribution in [0.3, 0.4) is 0 Å². The van der Waals surface area contributed by atoms with Crippen LogP contribution in [0.15, 0.2) is 53.2 Å². The fraction of sp³-hybridized carbons (Fsp3) is 0.464. The van der Waals surface area contributed by atoms with E-state index in [1.54, 1.807) is 18.5 Å². The molecule has 1 N–H and O–H groups in total. The highest BCUT2D eigenvalue weighted by atomic mass is 16.3. The van der Waals surface area contributed by atoms with Gasteiger partial charge < -0.3 is 14.6 Å². The van der Waals surface area contributed by atoms with Gasteiger partial charge in [-0.05, 0) is 86.4 Å². The monoisotopic (exact) mass is 472 g/mol. The fourth-order valence-corrected chi connectivity index (χ4v) is 5.92. The highest BCUT2D eigenvalue weighted by Gasteiger charge is 2.54. The zero-order chi connectivity index (χ0) is 23.8. The number of benzene rings is 1. The van der Waals surface area contributed by atoms with Gasteiger partial charge in [0.2, 0.25) is 0 Å². The zero-order valence-electron chi connectivity index (χ0n) is 20.0. The Morgan fingerprint density at radius 3 is 2.57 bits per heavy atom. The van der Waals surface area contributed by atoms with Crippen LogP contribution in [-0.4, -0.2) is 59.3 Å². The molecule has 182 valence electrons. The Balaban J connectivity index is 0.979. The number of hydrogen-bond acceptors (Lipinski definition) is 5. The van der Waals surface area contributed by atoms with Gasteiger partial charge in [0, 0.05) is 43.3 Å². The molecular weight excluding hydrogens is 440 g/mol. The summed E-state index contributed by atoms with van der Waals surface area (Å²) < 4.78 is 5.62. The molecule has 7 heteroatoms. The topological polar surface area (TPSA) is 78.7 Å². The standard InChI is InChI=1S/C28H32N4O3/c33-26(24-15-22-7-10-29-18-25(22)35-24)30-17-23-16-28(23)8-13-32(14-9-28)27(34)21-5-3-20(4-6-21)19-31-11-1-2-12-31/h3-7,10,15,18,23H,1-2,8-9,11-14,16-17,19H2,(H,30,33). The van der Waals surface area contributed by atoms with E-state index in [2.05, 4.69) is 27.3 Å². The van der Waals surface area contributed by atoms with Gasteiger partial charge in [0.05, 0.1) is 6.20 Å². The van der Waals surface area contributed by atoms with Crippen LogP contribution in [0.5, 0.6) is 0 Å². The van der Waals surface area contributed by atoms with E-state index in [-0.39, 0.29) is 17.2 Å². The molecule has 3 fully saturated rings. The number of likely N-dealkylation sites (tertiary alicyclic amines) is 2. The molecule has 35 heavy (non-hydrogen) atoms. The van der Waals surface area contributed by atoms with Crippen molar-refractivity contribution in [2.75, 3.05) is 32.7 Å². The smallest absolute Gasteiger partial charge is 0.287 e. The lowest BCUT2D eigenvalue weighted by Crippen LogP contribution is -2.40. The lowest BCUT2D eigenvalue weighted by Gasteiger charge is -2.33. The predicted octanol–water partition coefficient (Wildman–Crippen LogP) is 4.10. The fourth-order valence-electron chi connectivity index (χ4n) is 5.92. The first-order valence-corrected chi connectivity index (χ1v) is 12.8. The summed E-state index contributed by atoms with van der Waals surface area (Å²) in [6.45, 7) is 5.56. The van der Waals surface area contributed by atoms with Gasteiger partial charge in [-0.25, -0.2) is 0 Å². The molecule has 0 radical (unpaired) electrons. The van der Waals surface area contributed by atoms with Crippen molar-refractivity contribution in [2.24, 2.45) is 11.3 Å². The van der Waals surface area contributed by atoms with Gasteiger partial charge >= 0.3 is 0 Å². The molecule has 2 aromatic heterocycles. The third kappa shape index (κ3) is 4.57. The number of pyridine rings is 1. The van der Waals surface area contributed by atoms with Crippen molar-refractivity contribution in [3.63, 3.8) is 0 Å². The van der Waals surface area contributed by atoms with Crippen molar-refractivity contribution in [1.29, 1.82) is 0 Å². The van der Waals surface area contributed by atoms with Crippen molar-refractivity contribution in [3.8, 4) is 0 Å². The maximum atomic E-state index is 13.1. The van der Waals surface area contributed by atoms with Crippen LogP contribution in [-0.2, 0) is 6.54 Å². The average molecular weight is 473 g/mol. The van der Waals surface area contributed by atoms with Gasteiger partial charge in [0.15, 0.2) is 11.3 Å². The molecule has 0 bridgehead atoms. The van der Waals surface area contributed by atoms with E-state index < -0.39 is 0 Å². The van der Waals surface area contributed by atoms with Crippen molar-refractivity contribution in [2.45, 2.75) is 38.6 Å². The Morgan fingerprint density at radius 1 is 1.06 bits per heavy atom. The molecule has 4 heterocycles. The van der Waals surface area contributed by atoms with Crippen LogP contribution in [0.25, 0.3) is 11.0 Å². The largest absolute Gasteiger partial charge is 0.449 e. The highest BCUT2D eigenvalue weighted by molar-refractivity contribution is 5.96. The van der Waals surface area contributed by atoms with Crippen LogP contribution in [0.4, 0.5) is 0 Å². The molecule has 1 spiro atoms. The lowest BCUT2D eigenvalue weighted by atomic mass is 9.90. The highest BCUT2D eigenvalue weighted by Crippen LogP contribution is 2.59. The van der Waals surface area contributed by atoms with E-state index in [9.17, 15) is 9.59 Å².